The minimum absolute atomic E-state index is 0.0178. The third-order valence-electron chi connectivity index (χ3n) is 4.54. The van der Waals surface area contributed by atoms with Crippen LogP contribution in [0.3, 0.4) is 0 Å². The Labute approximate surface area is 156 Å². The summed E-state index contributed by atoms with van der Waals surface area (Å²) >= 11 is 5.89. The molecule has 1 saturated heterocycles. The van der Waals surface area contributed by atoms with E-state index in [2.05, 4.69) is 10.2 Å². The van der Waals surface area contributed by atoms with Gasteiger partial charge >= 0.3 is 0 Å². The van der Waals surface area contributed by atoms with Crippen LogP contribution in [0.2, 0.25) is 5.02 Å². The molecule has 1 amide bonds. The summed E-state index contributed by atoms with van der Waals surface area (Å²) in [6.07, 6.45) is 3.23. The zero-order valence-corrected chi connectivity index (χ0v) is 15.0. The predicted octanol–water partition coefficient (Wildman–Crippen LogP) is 4.41. The smallest absolute Gasteiger partial charge is 0.269 e. The third-order valence-corrected chi connectivity index (χ3v) is 4.79. The van der Waals surface area contributed by atoms with E-state index in [-0.39, 0.29) is 11.6 Å². The maximum atomic E-state index is 13.0. The maximum Gasteiger partial charge on any atom is 0.269 e. The standard InChI is InChI=1S/C19H20ClN3O3/c20-15-6-8-16(9-7-15)21-19(24)18(22-12-2-1-3-13-22)14-4-10-17(11-5-14)23(25)26/h4-11,18H,1-3,12-13H2,(H,21,24)/t18-/m0/s1. The van der Waals surface area contributed by atoms with Crippen LogP contribution in [0.25, 0.3) is 0 Å². The van der Waals surface area contributed by atoms with Crippen molar-refractivity contribution in [3.63, 3.8) is 0 Å². The molecule has 1 fully saturated rings. The second-order valence-corrected chi connectivity index (χ2v) is 6.78. The molecule has 1 atom stereocenters. The Balaban J connectivity index is 1.85. The van der Waals surface area contributed by atoms with Crippen LogP contribution >= 0.6 is 11.6 Å². The van der Waals surface area contributed by atoms with Gasteiger partial charge in [0.05, 0.1) is 4.92 Å². The molecule has 6 nitrogen and oxygen atoms in total. The second kappa shape index (κ2) is 8.29. The molecule has 2 aromatic carbocycles. The van der Waals surface area contributed by atoms with E-state index in [1.807, 2.05) is 0 Å². The van der Waals surface area contributed by atoms with Crippen LogP contribution in [0.5, 0.6) is 0 Å². The highest BCUT2D eigenvalue weighted by molar-refractivity contribution is 6.30. The topological polar surface area (TPSA) is 75.5 Å². The summed E-state index contributed by atoms with van der Waals surface area (Å²) in [5.74, 6) is -0.150. The number of halogens is 1. The van der Waals surface area contributed by atoms with E-state index in [1.165, 1.54) is 12.1 Å². The van der Waals surface area contributed by atoms with Gasteiger partial charge in [0, 0.05) is 22.8 Å². The molecule has 3 rings (SSSR count). The van der Waals surface area contributed by atoms with Gasteiger partial charge in [0.2, 0.25) is 5.91 Å². The van der Waals surface area contributed by atoms with E-state index in [9.17, 15) is 14.9 Å². The van der Waals surface area contributed by atoms with Crippen LogP contribution in [0.15, 0.2) is 48.5 Å². The van der Waals surface area contributed by atoms with E-state index < -0.39 is 11.0 Å². The van der Waals surface area contributed by atoms with Gasteiger partial charge in [0.15, 0.2) is 0 Å². The number of likely N-dealkylation sites (tertiary alicyclic amines) is 1. The van der Waals surface area contributed by atoms with E-state index >= 15 is 0 Å². The van der Waals surface area contributed by atoms with Crippen LogP contribution in [0.4, 0.5) is 11.4 Å². The van der Waals surface area contributed by atoms with Crippen LogP contribution < -0.4 is 5.32 Å². The highest BCUT2D eigenvalue weighted by Crippen LogP contribution is 2.28. The molecule has 0 spiro atoms. The molecule has 0 aromatic heterocycles. The van der Waals surface area contributed by atoms with E-state index in [0.29, 0.717) is 10.7 Å². The number of rotatable bonds is 5. The molecule has 1 aliphatic heterocycles. The number of amides is 1. The third kappa shape index (κ3) is 4.39. The Bertz CT molecular complexity index is 772. The van der Waals surface area contributed by atoms with Crippen molar-refractivity contribution in [2.45, 2.75) is 25.3 Å². The zero-order valence-electron chi connectivity index (χ0n) is 14.2. The summed E-state index contributed by atoms with van der Waals surface area (Å²) in [5, 5.41) is 14.4. The van der Waals surface area contributed by atoms with E-state index in [1.54, 1.807) is 36.4 Å². The lowest BCUT2D eigenvalue weighted by atomic mass is 10.0. The number of nitrogens with zero attached hydrogens (tertiary/aromatic N) is 2. The highest BCUT2D eigenvalue weighted by Gasteiger charge is 2.29. The van der Waals surface area contributed by atoms with E-state index in [4.69, 9.17) is 11.6 Å². The Morgan fingerprint density at radius 3 is 2.23 bits per heavy atom. The number of nitro benzene ring substituents is 1. The molecule has 0 aliphatic carbocycles. The van der Waals surface area contributed by atoms with Gasteiger partial charge in [-0.25, -0.2) is 0 Å². The summed E-state index contributed by atoms with van der Waals surface area (Å²) in [5.41, 5.74) is 1.44. The van der Waals surface area contributed by atoms with Gasteiger partial charge in [-0.3, -0.25) is 19.8 Å². The minimum Gasteiger partial charge on any atom is -0.324 e. The van der Waals surface area contributed by atoms with Crippen LogP contribution in [-0.2, 0) is 4.79 Å². The number of carbonyl (C=O) groups excluding carboxylic acids is 1. The normalized spacial score (nSPS) is 16.0. The fourth-order valence-electron chi connectivity index (χ4n) is 3.23. The Hall–Kier alpha value is -2.44. The SMILES string of the molecule is O=C(Nc1ccc(Cl)cc1)[C@H](c1ccc([N+](=O)[O-])cc1)N1CCCCC1. The van der Waals surface area contributed by atoms with Crippen molar-refractivity contribution in [3.8, 4) is 0 Å². The number of anilines is 1. The van der Waals surface area contributed by atoms with Crippen molar-refractivity contribution < 1.29 is 9.72 Å². The molecule has 0 radical (unpaired) electrons. The lowest BCUT2D eigenvalue weighted by molar-refractivity contribution is -0.384. The molecule has 7 heteroatoms. The maximum absolute atomic E-state index is 13.0. The molecule has 0 unspecified atom stereocenters. The number of benzene rings is 2. The van der Waals surface area contributed by atoms with Gasteiger partial charge in [-0.2, -0.15) is 0 Å². The number of carbonyl (C=O) groups is 1. The summed E-state index contributed by atoms with van der Waals surface area (Å²) in [6.45, 7) is 1.66. The van der Waals surface area contributed by atoms with Gasteiger partial charge in [-0.05, 0) is 55.8 Å². The molecule has 0 saturated carbocycles. The number of nitro groups is 1. The Kier molecular flexibility index (Phi) is 5.85. The quantitative estimate of drug-likeness (QED) is 0.622. The minimum atomic E-state index is -0.480. The second-order valence-electron chi connectivity index (χ2n) is 6.34. The molecule has 136 valence electrons. The fraction of sp³-hybridized carbons (Fsp3) is 0.316. The summed E-state index contributed by atoms with van der Waals surface area (Å²) in [6, 6.07) is 12.7. The number of piperidine rings is 1. The molecule has 0 bridgehead atoms. The van der Waals surface area contributed by atoms with E-state index in [0.717, 1.165) is 37.9 Å². The molecular formula is C19H20ClN3O3. The number of hydrogen-bond acceptors (Lipinski definition) is 4. The van der Waals surface area contributed by atoms with Gasteiger partial charge < -0.3 is 5.32 Å². The molecule has 26 heavy (non-hydrogen) atoms. The summed E-state index contributed by atoms with van der Waals surface area (Å²) in [7, 11) is 0. The first-order valence-electron chi connectivity index (χ1n) is 8.59. The van der Waals surface area contributed by atoms with Crippen molar-refractivity contribution in [1.82, 2.24) is 4.90 Å². The van der Waals surface area contributed by atoms with Crippen LogP contribution in [-0.4, -0.2) is 28.8 Å². The molecular weight excluding hydrogens is 354 g/mol. The van der Waals surface area contributed by atoms with Crippen molar-refractivity contribution in [3.05, 3.63) is 69.2 Å². The molecule has 2 aromatic rings. The summed E-state index contributed by atoms with van der Waals surface area (Å²) < 4.78 is 0. The lowest BCUT2D eigenvalue weighted by Gasteiger charge is -2.33. The molecule has 1 N–H and O–H groups in total. The predicted molar refractivity (Wildman–Crippen MR) is 101 cm³/mol. The van der Waals surface area contributed by atoms with Crippen molar-refractivity contribution in [1.29, 1.82) is 0 Å². The highest BCUT2D eigenvalue weighted by atomic mass is 35.5. The molecule has 1 aliphatic rings. The van der Waals surface area contributed by atoms with Crippen molar-refractivity contribution in [2.24, 2.45) is 0 Å². The van der Waals surface area contributed by atoms with Gasteiger partial charge in [0.1, 0.15) is 6.04 Å². The number of hydrogen-bond donors (Lipinski definition) is 1. The first kappa shape index (κ1) is 18.4. The Morgan fingerprint density at radius 1 is 1.04 bits per heavy atom. The summed E-state index contributed by atoms with van der Waals surface area (Å²) in [4.78, 5) is 25.6. The number of nitrogens with one attached hydrogen (secondary N) is 1. The first-order valence-corrected chi connectivity index (χ1v) is 8.97. The average molecular weight is 374 g/mol. The van der Waals surface area contributed by atoms with Crippen molar-refractivity contribution in [2.75, 3.05) is 18.4 Å². The molecule has 1 heterocycles. The van der Waals surface area contributed by atoms with Gasteiger partial charge in [-0.1, -0.05) is 30.2 Å². The largest absolute Gasteiger partial charge is 0.324 e. The van der Waals surface area contributed by atoms with Crippen molar-refractivity contribution >= 4 is 28.9 Å². The average Bonchev–Trinajstić information content (AvgIpc) is 2.65. The van der Waals surface area contributed by atoms with Gasteiger partial charge in [0.25, 0.3) is 5.69 Å². The van der Waals surface area contributed by atoms with Crippen LogP contribution in [0.1, 0.15) is 30.9 Å². The first-order chi connectivity index (χ1) is 12.5. The van der Waals surface area contributed by atoms with Crippen LogP contribution in [0, 0.1) is 10.1 Å². The number of non-ortho nitro benzene ring substituents is 1. The monoisotopic (exact) mass is 373 g/mol. The Morgan fingerprint density at radius 2 is 1.65 bits per heavy atom. The zero-order chi connectivity index (χ0) is 18.5. The van der Waals surface area contributed by atoms with Gasteiger partial charge in [-0.15, -0.1) is 0 Å². The fourth-order valence-corrected chi connectivity index (χ4v) is 3.35. The lowest BCUT2D eigenvalue weighted by Crippen LogP contribution is -2.40.